The molecule has 6 heavy (non-hydrogen) atoms. The van der Waals surface area contributed by atoms with Gasteiger partial charge in [-0.2, -0.15) is 0 Å². The van der Waals surface area contributed by atoms with Gasteiger partial charge in [-0.05, 0) is 0 Å². The summed E-state index contributed by atoms with van der Waals surface area (Å²) in [6, 6.07) is 0. The first-order valence-corrected chi connectivity index (χ1v) is 0. The third kappa shape index (κ3) is 23.3. The molecule has 0 rings (SSSR count). The van der Waals surface area contributed by atoms with Gasteiger partial charge >= 0.3 is 72.4 Å². The Balaban J connectivity index is 0. The molecule has 6 heteroatoms. The van der Waals surface area contributed by atoms with Crippen molar-refractivity contribution in [3.63, 3.8) is 0 Å². The monoisotopic (exact) mass is 616 g/mol. The first-order valence-electron chi connectivity index (χ1n) is 0. The van der Waals surface area contributed by atoms with Crippen LogP contribution in [0.15, 0.2) is 0 Å². The molecule has 0 spiro atoms. The first-order chi connectivity index (χ1) is 0. The molecule has 0 aromatic heterocycles. The van der Waals surface area contributed by atoms with E-state index in [1.165, 1.54) is 0 Å². The maximum absolute atomic E-state index is 0. The number of rotatable bonds is 0. The largest absolute Gasteiger partial charge is 0 e. The van der Waals surface area contributed by atoms with Crippen LogP contribution in [0.4, 0.5) is 0 Å². The van der Waals surface area contributed by atoms with Crippen LogP contribution in [0.5, 0.6) is 0 Å². The van der Waals surface area contributed by atoms with Crippen molar-refractivity contribution in [3.8, 4) is 0 Å². The Labute approximate surface area is 140 Å². The van der Waals surface area contributed by atoms with Crippen molar-refractivity contribution in [2.75, 3.05) is 0 Å². The zero-order valence-electron chi connectivity index (χ0n) is 4.94. The van der Waals surface area contributed by atoms with E-state index in [2.05, 4.69) is 0 Å². The molecular formula is H6BiLiNbPbScTi. The quantitative estimate of drug-likeness (QED) is 0.240. The summed E-state index contributed by atoms with van der Waals surface area (Å²) in [6.07, 6.45) is 0. The van der Waals surface area contributed by atoms with E-state index < -0.39 is 0 Å². The minimum atomic E-state index is 0. The van der Waals surface area contributed by atoms with Crippen LogP contribution in [-0.4, -0.2) is 53.5 Å². The summed E-state index contributed by atoms with van der Waals surface area (Å²) in [7, 11) is 0. The van der Waals surface area contributed by atoms with Crippen molar-refractivity contribution >= 4 is 53.5 Å². The molecule has 0 aromatic rings. The molecule has 0 saturated heterocycles. The Morgan fingerprint density at radius 2 is 1.17 bits per heavy atom. The van der Waals surface area contributed by atoms with Gasteiger partial charge in [-0.3, -0.25) is 0 Å². The molecule has 0 fully saturated rings. The average molecular weight is 615 g/mol. The maximum Gasteiger partial charge on any atom is 0 e. The van der Waals surface area contributed by atoms with E-state index >= 15 is 0 Å². The molecule has 4 radical (unpaired) electrons. The van der Waals surface area contributed by atoms with Crippen molar-refractivity contribution in [2.45, 2.75) is 0 Å². The molecule has 0 aliphatic carbocycles. The SMILES string of the molecule is [BiH3].[H-].[Li+].[Nb].[PbH2].[Sc].[Ti]. The number of hydrogen-bond acceptors (Lipinski definition) is 0. The number of hydrogen-bond donors (Lipinski definition) is 0. The van der Waals surface area contributed by atoms with Crippen LogP contribution in [0.1, 0.15) is 1.43 Å². The summed E-state index contributed by atoms with van der Waals surface area (Å²) in [5.41, 5.74) is 0. The maximum atomic E-state index is 0. The third-order valence-corrected chi connectivity index (χ3v) is 0. The van der Waals surface area contributed by atoms with Gasteiger partial charge < -0.3 is 1.43 Å². The van der Waals surface area contributed by atoms with Crippen molar-refractivity contribution in [2.24, 2.45) is 0 Å². The van der Waals surface area contributed by atoms with E-state index in [1.54, 1.807) is 0 Å². The topological polar surface area (TPSA) is 0 Å². The molecule has 0 unspecified atom stereocenters. The van der Waals surface area contributed by atoms with Crippen molar-refractivity contribution in [1.29, 1.82) is 0 Å². The van der Waals surface area contributed by atoms with E-state index in [-0.39, 0.29) is 144 Å². The fraction of sp³-hybridized carbons (Fsp3) is 0. The van der Waals surface area contributed by atoms with Crippen LogP contribution in [-0.2, 0) is 69.9 Å². The summed E-state index contributed by atoms with van der Waals surface area (Å²) >= 11 is 0. The molecule has 0 N–H and O–H groups in total. The van der Waals surface area contributed by atoms with Crippen LogP contribution >= 0.6 is 0 Å². The predicted octanol–water partition coefficient (Wildman–Crippen LogP) is -4.99. The smallest absolute Gasteiger partial charge is 0 e. The second kappa shape index (κ2) is 33.2. The van der Waals surface area contributed by atoms with E-state index in [4.69, 9.17) is 0 Å². The fourth-order valence-corrected chi connectivity index (χ4v) is 0. The van der Waals surface area contributed by atoms with Crippen LogP contribution in [0.3, 0.4) is 0 Å². The minimum Gasteiger partial charge on any atom is 0 e. The Morgan fingerprint density at radius 3 is 1.17 bits per heavy atom. The second-order valence-corrected chi connectivity index (χ2v) is 0. The fourth-order valence-electron chi connectivity index (χ4n) is 0. The molecule has 0 saturated carbocycles. The van der Waals surface area contributed by atoms with Gasteiger partial charge in [0.05, 0.1) is 0 Å². The van der Waals surface area contributed by atoms with E-state index in [9.17, 15) is 0 Å². The predicted molar refractivity (Wildman–Crippen MR) is 19.6 cm³/mol. The van der Waals surface area contributed by atoms with Crippen LogP contribution in [0, 0.1) is 0 Å². The molecule has 28 valence electrons. The summed E-state index contributed by atoms with van der Waals surface area (Å²) in [4.78, 5) is 0. The van der Waals surface area contributed by atoms with Crippen LogP contribution in [0.25, 0.3) is 0 Å². The van der Waals surface area contributed by atoms with E-state index in [0.29, 0.717) is 0 Å². The first kappa shape index (κ1) is 45.4. The Kier molecular flexibility index (Phi) is 251. The van der Waals surface area contributed by atoms with Crippen molar-refractivity contribution in [3.05, 3.63) is 0 Å². The third-order valence-electron chi connectivity index (χ3n) is 0. The molecule has 0 amide bonds. The molecule has 0 atom stereocenters. The summed E-state index contributed by atoms with van der Waals surface area (Å²) in [5, 5.41) is 0. The van der Waals surface area contributed by atoms with Crippen molar-refractivity contribution < 1.29 is 90.2 Å². The van der Waals surface area contributed by atoms with E-state index in [0.717, 1.165) is 0 Å². The molecular weight excluding hydrogens is 609 g/mol. The molecule has 0 aromatic carbocycles. The normalized spacial score (nSPS) is 0. The molecule has 0 heterocycles. The van der Waals surface area contributed by atoms with Gasteiger partial charge in [0.15, 0.2) is 0 Å². The minimum absolute atomic E-state index is 0. The van der Waals surface area contributed by atoms with Crippen LogP contribution in [0.2, 0.25) is 0 Å². The summed E-state index contributed by atoms with van der Waals surface area (Å²) in [6.45, 7) is 0. The van der Waals surface area contributed by atoms with Gasteiger partial charge in [0.2, 0.25) is 0 Å². The zero-order valence-corrected chi connectivity index (χ0v) is 20.5. The van der Waals surface area contributed by atoms with Crippen molar-refractivity contribution in [1.82, 2.24) is 0 Å². The Bertz CT molecular complexity index is 19.7. The van der Waals surface area contributed by atoms with Gasteiger partial charge in [0, 0.05) is 69.9 Å². The molecule has 0 aliphatic heterocycles. The zero-order chi connectivity index (χ0) is 0. The Hall–Kier alpha value is 4.73. The average Bonchev–Trinajstić information content (AvgIpc) is 0. The van der Waals surface area contributed by atoms with Gasteiger partial charge in [0.25, 0.3) is 0 Å². The van der Waals surface area contributed by atoms with E-state index in [1.807, 2.05) is 0 Å². The van der Waals surface area contributed by atoms with Gasteiger partial charge in [-0.15, -0.1) is 0 Å². The van der Waals surface area contributed by atoms with Gasteiger partial charge in [-0.25, -0.2) is 0 Å². The van der Waals surface area contributed by atoms with Crippen LogP contribution < -0.4 is 18.9 Å². The molecule has 0 aliphatic rings. The summed E-state index contributed by atoms with van der Waals surface area (Å²) in [5.74, 6) is 0. The Morgan fingerprint density at radius 1 is 1.17 bits per heavy atom. The standard InChI is InChI=1S/Bi.Li.Nb.Pb.Sc.Ti.6H/q;+1;;;;;;;;;;-1. The van der Waals surface area contributed by atoms with Gasteiger partial charge in [0.1, 0.15) is 0 Å². The molecule has 0 nitrogen and oxygen atoms in total. The second-order valence-electron chi connectivity index (χ2n) is 0. The summed E-state index contributed by atoms with van der Waals surface area (Å²) < 4.78 is 0. The van der Waals surface area contributed by atoms with Gasteiger partial charge in [-0.1, -0.05) is 0 Å². The molecule has 0 bridgehead atoms.